The van der Waals surface area contributed by atoms with Gasteiger partial charge in [-0.25, -0.2) is 19.3 Å². The molecule has 2 fully saturated rings. The van der Waals surface area contributed by atoms with Crippen LogP contribution in [0.2, 0.25) is 0 Å². The first-order valence-electron chi connectivity index (χ1n) is 16.2. The summed E-state index contributed by atoms with van der Waals surface area (Å²) >= 11 is 0. The van der Waals surface area contributed by atoms with Gasteiger partial charge in [0.15, 0.2) is 5.65 Å². The average Bonchev–Trinajstić information content (AvgIpc) is 3.46. The second-order valence-corrected chi connectivity index (χ2v) is 12.8. The SMILES string of the molecule is CC(C)(C)OC(=O)N1CCN(c2ccc(-c3c(CCOc4cnc5ccccc5c4)nc4c(N5CCOCC5)ccnn34)cn2)CC1. The highest BCUT2D eigenvalue weighted by Crippen LogP contribution is 2.31. The van der Waals surface area contributed by atoms with Crippen LogP contribution in [0.25, 0.3) is 27.8 Å². The van der Waals surface area contributed by atoms with Crippen molar-refractivity contribution < 1.29 is 19.0 Å². The predicted octanol–water partition coefficient (Wildman–Crippen LogP) is 4.85. The molecule has 12 nitrogen and oxygen atoms in total. The fourth-order valence-corrected chi connectivity index (χ4v) is 6.05. The molecule has 2 saturated heterocycles. The first-order chi connectivity index (χ1) is 22.8. The van der Waals surface area contributed by atoms with Gasteiger partial charge in [-0.3, -0.25) is 4.98 Å². The second kappa shape index (κ2) is 13.0. The van der Waals surface area contributed by atoms with Crippen LogP contribution in [0.15, 0.2) is 67.1 Å². The number of anilines is 2. The number of imidazole rings is 1. The molecule has 0 radical (unpaired) electrons. The predicted molar refractivity (Wildman–Crippen MR) is 180 cm³/mol. The van der Waals surface area contributed by atoms with Crippen LogP contribution < -0.4 is 14.5 Å². The average molecular weight is 637 g/mol. The van der Waals surface area contributed by atoms with Crippen molar-refractivity contribution in [2.45, 2.75) is 32.8 Å². The number of ether oxygens (including phenoxy) is 3. The van der Waals surface area contributed by atoms with Crippen LogP contribution in [0, 0.1) is 0 Å². The summed E-state index contributed by atoms with van der Waals surface area (Å²) in [6.07, 6.45) is 5.78. The van der Waals surface area contributed by atoms with Crippen molar-refractivity contribution in [1.82, 2.24) is 29.5 Å². The normalized spacial score (nSPS) is 15.8. The van der Waals surface area contributed by atoms with E-state index in [4.69, 9.17) is 29.3 Å². The van der Waals surface area contributed by atoms with Crippen LogP contribution in [0.5, 0.6) is 5.75 Å². The van der Waals surface area contributed by atoms with Crippen LogP contribution in [0.1, 0.15) is 26.5 Å². The fourth-order valence-electron chi connectivity index (χ4n) is 6.05. The number of carbonyl (C=O) groups is 1. The third kappa shape index (κ3) is 6.78. The van der Waals surface area contributed by atoms with Crippen LogP contribution >= 0.6 is 0 Å². The molecular weight excluding hydrogens is 596 g/mol. The van der Waals surface area contributed by atoms with Gasteiger partial charge in [-0.2, -0.15) is 5.10 Å². The van der Waals surface area contributed by atoms with Gasteiger partial charge in [-0.15, -0.1) is 0 Å². The Morgan fingerprint density at radius 2 is 1.72 bits per heavy atom. The lowest BCUT2D eigenvalue weighted by Gasteiger charge is -2.36. The van der Waals surface area contributed by atoms with E-state index in [1.165, 1.54) is 0 Å². The second-order valence-electron chi connectivity index (χ2n) is 12.8. The Kier molecular flexibility index (Phi) is 8.50. The molecule has 6 heterocycles. The molecule has 7 rings (SSSR count). The first-order valence-corrected chi connectivity index (χ1v) is 16.2. The maximum Gasteiger partial charge on any atom is 0.410 e. The Bertz CT molecular complexity index is 1860. The Labute approximate surface area is 273 Å². The molecule has 0 atom stereocenters. The zero-order valence-electron chi connectivity index (χ0n) is 27.1. The van der Waals surface area contributed by atoms with Crippen molar-refractivity contribution in [2.75, 3.05) is 68.9 Å². The number of amides is 1. The molecule has 0 N–H and O–H groups in total. The van der Waals surface area contributed by atoms with E-state index in [1.54, 1.807) is 11.1 Å². The standard InChI is InChI=1S/C35H40N8O4/c1-35(2,3)47-34(44)42-15-13-41(14-16-42)31-9-8-26(23-37-31)32-29(11-19-46-27-22-25-6-4-5-7-28(25)36-24-27)39-33-30(10-12-38-43(32)33)40-17-20-45-21-18-40/h4-10,12,22-24H,11,13-21H2,1-3H3. The summed E-state index contributed by atoms with van der Waals surface area (Å²) in [5.74, 6) is 1.58. The van der Waals surface area contributed by atoms with Gasteiger partial charge in [0, 0.05) is 62.8 Å². The largest absolute Gasteiger partial charge is 0.492 e. The van der Waals surface area contributed by atoms with Gasteiger partial charge in [0.2, 0.25) is 0 Å². The summed E-state index contributed by atoms with van der Waals surface area (Å²) in [6, 6.07) is 16.2. The molecule has 5 aromatic rings. The highest BCUT2D eigenvalue weighted by molar-refractivity contribution is 5.79. The summed E-state index contributed by atoms with van der Waals surface area (Å²) in [7, 11) is 0. The van der Waals surface area contributed by atoms with Crippen LogP contribution in [0.4, 0.5) is 16.3 Å². The van der Waals surface area contributed by atoms with Crippen molar-refractivity contribution in [2.24, 2.45) is 0 Å². The topological polar surface area (TPSA) is 110 Å². The lowest BCUT2D eigenvalue weighted by Crippen LogP contribution is -2.50. The fraction of sp³-hybridized carbons (Fsp3) is 0.400. The molecule has 244 valence electrons. The van der Waals surface area contributed by atoms with Gasteiger partial charge in [0.05, 0.1) is 54.8 Å². The summed E-state index contributed by atoms with van der Waals surface area (Å²) in [5.41, 5.74) is 4.95. The molecule has 0 spiro atoms. The molecule has 2 aliphatic rings. The number of hydrogen-bond donors (Lipinski definition) is 0. The third-order valence-corrected chi connectivity index (χ3v) is 8.37. The maximum absolute atomic E-state index is 12.5. The number of pyridine rings is 2. The number of morpholine rings is 1. The number of benzene rings is 1. The zero-order chi connectivity index (χ0) is 32.4. The summed E-state index contributed by atoms with van der Waals surface area (Å²) in [5, 5.41) is 5.79. The minimum Gasteiger partial charge on any atom is -0.492 e. The molecule has 0 bridgehead atoms. The molecular formula is C35H40N8O4. The van der Waals surface area contributed by atoms with Crippen molar-refractivity contribution in [3.63, 3.8) is 0 Å². The van der Waals surface area contributed by atoms with Crippen LogP contribution in [-0.2, 0) is 15.9 Å². The molecule has 0 saturated carbocycles. The Balaban J connectivity index is 1.13. The van der Waals surface area contributed by atoms with Gasteiger partial charge in [-0.1, -0.05) is 18.2 Å². The van der Waals surface area contributed by atoms with Crippen molar-refractivity contribution in [1.29, 1.82) is 0 Å². The molecule has 2 aliphatic heterocycles. The third-order valence-electron chi connectivity index (χ3n) is 8.37. The van der Waals surface area contributed by atoms with Gasteiger partial charge >= 0.3 is 6.09 Å². The molecule has 0 unspecified atom stereocenters. The lowest BCUT2D eigenvalue weighted by molar-refractivity contribution is 0.0240. The van der Waals surface area contributed by atoms with E-state index >= 15 is 0 Å². The molecule has 4 aromatic heterocycles. The monoisotopic (exact) mass is 636 g/mol. The van der Waals surface area contributed by atoms with Crippen molar-refractivity contribution in [3.05, 3.63) is 72.8 Å². The Morgan fingerprint density at radius 1 is 0.915 bits per heavy atom. The van der Waals surface area contributed by atoms with E-state index in [1.807, 2.05) is 80.1 Å². The number of piperazine rings is 1. The minimum absolute atomic E-state index is 0.273. The van der Waals surface area contributed by atoms with Gasteiger partial charge in [-0.05, 0) is 51.1 Å². The van der Waals surface area contributed by atoms with E-state index in [2.05, 4.69) is 20.9 Å². The quantitative estimate of drug-likeness (QED) is 0.246. The first kappa shape index (κ1) is 30.7. The summed E-state index contributed by atoms with van der Waals surface area (Å²) in [6.45, 7) is 11.6. The Morgan fingerprint density at radius 3 is 2.49 bits per heavy atom. The van der Waals surface area contributed by atoms with E-state index in [-0.39, 0.29) is 6.09 Å². The number of nitrogens with zero attached hydrogens (tertiary/aromatic N) is 8. The van der Waals surface area contributed by atoms with Gasteiger partial charge < -0.3 is 28.9 Å². The van der Waals surface area contributed by atoms with E-state index in [0.717, 1.165) is 63.8 Å². The van der Waals surface area contributed by atoms with Crippen LogP contribution in [-0.4, -0.2) is 100 Å². The minimum atomic E-state index is -0.514. The van der Waals surface area contributed by atoms with Crippen LogP contribution in [0.3, 0.4) is 0 Å². The van der Waals surface area contributed by atoms with Crippen molar-refractivity contribution in [3.8, 4) is 17.0 Å². The molecule has 12 heteroatoms. The van der Waals surface area contributed by atoms with E-state index in [0.29, 0.717) is 52.4 Å². The van der Waals surface area contributed by atoms with E-state index < -0.39 is 5.60 Å². The number of rotatable bonds is 7. The maximum atomic E-state index is 12.5. The number of para-hydroxylation sites is 1. The number of hydrogen-bond acceptors (Lipinski definition) is 10. The zero-order valence-corrected chi connectivity index (χ0v) is 27.1. The highest BCUT2D eigenvalue weighted by Gasteiger charge is 2.27. The molecule has 1 amide bonds. The number of fused-ring (bicyclic) bond motifs is 2. The summed E-state index contributed by atoms with van der Waals surface area (Å²) in [4.78, 5) is 33.3. The molecule has 47 heavy (non-hydrogen) atoms. The Hall–Kier alpha value is -4.97. The molecule has 1 aromatic carbocycles. The number of aromatic nitrogens is 5. The smallest absolute Gasteiger partial charge is 0.410 e. The van der Waals surface area contributed by atoms with Gasteiger partial charge in [0.1, 0.15) is 17.2 Å². The molecule has 0 aliphatic carbocycles. The summed E-state index contributed by atoms with van der Waals surface area (Å²) < 4.78 is 19.3. The van der Waals surface area contributed by atoms with Gasteiger partial charge in [0.25, 0.3) is 0 Å². The van der Waals surface area contributed by atoms with Crippen molar-refractivity contribution >= 4 is 34.1 Å². The number of carbonyl (C=O) groups excluding carboxylic acids is 1. The highest BCUT2D eigenvalue weighted by atomic mass is 16.6. The lowest BCUT2D eigenvalue weighted by atomic mass is 10.1. The van der Waals surface area contributed by atoms with E-state index in [9.17, 15) is 4.79 Å².